The van der Waals surface area contributed by atoms with Crippen LogP contribution in [0.3, 0.4) is 0 Å². The van der Waals surface area contributed by atoms with Crippen molar-refractivity contribution in [3.63, 3.8) is 0 Å². The van der Waals surface area contributed by atoms with Gasteiger partial charge in [0.2, 0.25) is 5.95 Å². The van der Waals surface area contributed by atoms with Gasteiger partial charge in [-0.15, -0.1) is 0 Å². The third-order valence-electron chi connectivity index (χ3n) is 1.93. The van der Waals surface area contributed by atoms with E-state index in [9.17, 15) is 0 Å². The topological polar surface area (TPSA) is 47.0 Å². The molecule has 0 aliphatic carbocycles. The van der Waals surface area contributed by atoms with Gasteiger partial charge in [-0.05, 0) is 33.8 Å². The Bertz CT molecular complexity index is 294. The molecule has 0 aromatic carbocycles. The van der Waals surface area contributed by atoms with Crippen LogP contribution < -0.4 is 5.32 Å². The van der Waals surface area contributed by atoms with Crippen molar-refractivity contribution >= 4 is 5.95 Å². The van der Waals surface area contributed by atoms with Crippen molar-refractivity contribution in [3.05, 3.63) is 17.5 Å². The zero-order chi connectivity index (χ0) is 11.3. The first-order chi connectivity index (χ1) is 7.11. The van der Waals surface area contributed by atoms with Crippen LogP contribution in [0.1, 0.15) is 25.2 Å². The highest BCUT2D eigenvalue weighted by Gasteiger charge is 2.04. The van der Waals surface area contributed by atoms with Gasteiger partial charge >= 0.3 is 0 Å². The van der Waals surface area contributed by atoms with Crippen molar-refractivity contribution in [2.75, 3.05) is 18.5 Å². The molecule has 1 N–H and O–H groups in total. The summed E-state index contributed by atoms with van der Waals surface area (Å²) in [5.41, 5.74) is 1.96. The Balaban J connectivity index is 2.56. The van der Waals surface area contributed by atoms with Gasteiger partial charge in [0, 0.05) is 24.0 Å². The molecule has 1 aromatic heterocycles. The average Bonchev–Trinajstić information content (AvgIpc) is 2.13. The maximum Gasteiger partial charge on any atom is 0.223 e. The van der Waals surface area contributed by atoms with Gasteiger partial charge in [0.15, 0.2) is 0 Å². The smallest absolute Gasteiger partial charge is 0.223 e. The number of rotatable bonds is 5. The highest BCUT2D eigenvalue weighted by molar-refractivity contribution is 5.28. The summed E-state index contributed by atoms with van der Waals surface area (Å²) < 4.78 is 5.31. The number of aromatic nitrogens is 2. The van der Waals surface area contributed by atoms with Gasteiger partial charge in [-0.3, -0.25) is 0 Å². The van der Waals surface area contributed by atoms with Crippen molar-refractivity contribution in [1.29, 1.82) is 0 Å². The lowest BCUT2D eigenvalue weighted by atomic mass is 10.3. The van der Waals surface area contributed by atoms with E-state index >= 15 is 0 Å². The molecule has 0 spiro atoms. The van der Waals surface area contributed by atoms with E-state index in [1.54, 1.807) is 0 Å². The Morgan fingerprint density at radius 2 is 1.93 bits per heavy atom. The molecule has 1 unspecified atom stereocenters. The molecule has 1 heterocycles. The Kier molecular flexibility index (Phi) is 4.49. The quantitative estimate of drug-likeness (QED) is 0.805. The summed E-state index contributed by atoms with van der Waals surface area (Å²) in [7, 11) is 0. The Hall–Kier alpha value is -1.16. The number of anilines is 1. The van der Waals surface area contributed by atoms with Crippen molar-refractivity contribution in [2.45, 2.75) is 33.7 Å². The lowest BCUT2D eigenvalue weighted by Gasteiger charge is -2.13. The molecule has 0 aliphatic rings. The first kappa shape index (κ1) is 11.9. The number of aryl methyl sites for hydroxylation is 2. The molecule has 15 heavy (non-hydrogen) atoms. The SMILES string of the molecule is CCOCC(C)Nc1nc(C)cc(C)n1. The van der Waals surface area contributed by atoms with Gasteiger partial charge in [0.25, 0.3) is 0 Å². The zero-order valence-corrected chi connectivity index (χ0v) is 9.87. The largest absolute Gasteiger partial charge is 0.380 e. The fourth-order valence-electron chi connectivity index (χ4n) is 1.35. The molecule has 4 nitrogen and oxygen atoms in total. The number of nitrogens with zero attached hydrogens (tertiary/aromatic N) is 2. The van der Waals surface area contributed by atoms with Gasteiger partial charge < -0.3 is 10.1 Å². The second-order valence-electron chi connectivity index (χ2n) is 3.68. The highest BCUT2D eigenvalue weighted by Crippen LogP contribution is 2.05. The van der Waals surface area contributed by atoms with Crippen molar-refractivity contribution in [3.8, 4) is 0 Å². The molecule has 0 amide bonds. The summed E-state index contributed by atoms with van der Waals surface area (Å²) in [5, 5.41) is 3.21. The van der Waals surface area contributed by atoms with E-state index in [1.807, 2.05) is 26.8 Å². The third-order valence-corrected chi connectivity index (χ3v) is 1.93. The van der Waals surface area contributed by atoms with Gasteiger partial charge in [0.05, 0.1) is 6.61 Å². The van der Waals surface area contributed by atoms with E-state index in [2.05, 4.69) is 22.2 Å². The van der Waals surface area contributed by atoms with E-state index in [0.29, 0.717) is 12.6 Å². The van der Waals surface area contributed by atoms with Crippen LogP contribution in [0.5, 0.6) is 0 Å². The normalized spacial score (nSPS) is 12.5. The summed E-state index contributed by atoms with van der Waals surface area (Å²) in [4.78, 5) is 8.61. The number of nitrogens with one attached hydrogen (secondary N) is 1. The van der Waals surface area contributed by atoms with Crippen LogP contribution in [0.25, 0.3) is 0 Å². The number of hydrogen-bond acceptors (Lipinski definition) is 4. The van der Waals surface area contributed by atoms with Gasteiger partial charge in [-0.2, -0.15) is 0 Å². The molecule has 4 heteroatoms. The van der Waals surface area contributed by atoms with Crippen LogP contribution in [0.15, 0.2) is 6.07 Å². The molecule has 0 radical (unpaired) electrons. The van der Waals surface area contributed by atoms with Crippen LogP contribution in [-0.4, -0.2) is 29.2 Å². The van der Waals surface area contributed by atoms with Gasteiger partial charge in [-0.25, -0.2) is 9.97 Å². The van der Waals surface area contributed by atoms with Crippen LogP contribution in [0.4, 0.5) is 5.95 Å². The first-order valence-electron chi connectivity index (χ1n) is 5.28. The molecule has 1 atom stereocenters. The predicted molar refractivity (Wildman–Crippen MR) is 61.1 cm³/mol. The molecule has 1 aromatic rings. The van der Waals surface area contributed by atoms with E-state index in [-0.39, 0.29) is 6.04 Å². The van der Waals surface area contributed by atoms with E-state index < -0.39 is 0 Å². The average molecular weight is 209 g/mol. The lowest BCUT2D eigenvalue weighted by Crippen LogP contribution is -2.23. The van der Waals surface area contributed by atoms with Gasteiger partial charge in [0.1, 0.15) is 0 Å². The maximum atomic E-state index is 5.31. The predicted octanol–water partition coefficient (Wildman–Crippen LogP) is 1.93. The molecule has 0 fully saturated rings. The minimum Gasteiger partial charge on any atom is -0.380 e. The van der Waals surface area contributed by atoms with Crippen molar-refractivity contribution in [1.82, 2.24) is 9.97 Å². The fraction of sp³-hybridized carbons (Fsp3) is 0.636. The Labute approximate surface area is 91.1 Å². The molecule has 0 saturated heterocycles. The first-order valence-corrected chi connectivity index (χ1v) is 5.28. The highest BCUT2D eigenvalue weighted by atomic mass is 16.5. The minimum atomic E-state index is 0.228. The molecule has 0 aliphatic heterocycles. The van der Waals surface area contributed by atoms with Gasteiger partial charge in [-0.1, -0.05) is 0 Å². The fourth-order valence-corrected chi connectivity index (χ4v) is 1.35. The Morgan fingerprint density at radius 1 is 1.33 bits per heavy atom. The second kappa shape index (κ2) is 5.66. The molecular weight excluding hydrogens is 190 g/mol. The molecule has 84 valence electrons. The minimum absolute atomic E-state index is 0.228. The maximum absolute atomic E-state index is 5.31. The molecule has 0 bridgehead atoms. The molecule has 1 rings (SSSR count). The van der Waals surface area contributed by atoms with Crippen LogP contribution in [-0.2, 0) is 4.74 Å². The van der Waals surface area contributed by atoms with Crippen molar-refractivity contribution < 1.29 is 4.74 Å². The van der Waals surface area contributed by atoms with Crippen LogP contribution >= 0.6 is 0 Å². The van der Waals surface area contributed by atoms with E-state index in [4.69, 9.17) is 4.74 Å². The summed E-state index contributed by atoms with van der Waals surface area (Å²) in [6.07, 6.45) is 0. The lowest BCUT2D eigenvalue weighted by molar-refractivity contribution is 0.141. The number of hydrogen-bond donors (Lipinski definition) is 1. The molecular formula is C11H19N3O. The summed E-state index contributed by atoms with van der Waals surface area (Å²) >= 11 is 0. The monoisotopic (exact) mass is 209 g/mol. The van der Waals surface area contributed by atoms with Crippen molar-refractivity contribution in [2.24, 2.45) is 0 Å². The summed E-state index contributed by atoms with van der Waals surface area (Å²) in [5.74, 6) is 0.680. The standard InChI is InChI=1S/C11H19N3O/c1-5-15-7-10(4)14-11-12-8(2)6-9(3)13-11/h6,10H,5,7H2,1-4H3,(H,12,13,14). The van der Waals surface area contributed by atoms with Crippen LogP contribution in [0, 0.1) is 13.8 Å². The zero-order valence-electron chi connectivity index (χ0n) is 9.87. The summed E-state index contributed by atoms with van der Waals surface area (Å²) in [6, 6.07) is 2.18. The van der Waals surface area contributed by atoms with Crippen LogP contribution in [0.2, 0.25) is 0 Å². The third kappa shape index (κ3) is 4.25. The molecule has 0 saturated carbocycles. The van der Waals surface area contributed by atoms with E-state index in [1.165, 1.54) is 0 Å². The number of ether oxygens (including phenoxy) is 1. The second-order valence-corrected chi connectivity index (χ2v) is 3.68. The summed E-state index contributed by atoms with van der Waals surface area (Å²) in [6.45, 7) is 9.38. The Morgan fingerprint density at radius 3 is 2.47 bits per heavy atom. The van der Waals surface area contributed by atoms with E-state index in [0.717, 1.165) is 18.0 Å².